The molecule has 0 atom stereocenters. The first-order valence-corrected chi connectivity index (χ1v) is 4.18. The third-order valence-corrected chi connectivity index (χ3v) is 1.91. The normalized spacial score (nSPS) is 11.6. The van der Waals surface area contributed by atoms with E-state index in [9.17, 15) is 26.3 Å². The molecule has 92 valence electrons. The Morgan fingerprint density at radius 1 is 1.35 bits per heavy atom. The predicted molar refractivity (Wildman–Crippen MR) is 43.5 cm³/mol. The van der Waals surface area contributed by atoms with Crippen LogP contribution in [0.3, 0.4) is 0 Å². The first-order valence-electron chi connectivity index (χ1n) is 4.18. The van der Waals surface area contributed by atoms with Crippen LogP contribution < -0.4 is 0 Å². The Bertz CT molecular complexity index is 460. The van der Waals surface area contributed by atoms with Gasteiger partial charge in [-0.3, -0.25) is 4.98 Å². The van der Waals surface area contributed by atoms with Crippen molar-refractivity contribution in [3.8, 4) is 6.07 Å². The molecule has 8 heteroatoms. The standard InChI is InChI=1S/C9H4F6N2/c10-5-3-17-7(8(11)12)6(9(13,14)15)4(5)1-2-16/h3,8H,1H2. The van der Waals surface area contributed by atoms with Crippen molar-refractivity contribution in [1.82, 2.24) is 4.98 Å². The van der Waals surface area contributed by atoms with Crippen LogP contribution in [0.5, 0.6) is 0 Å². The molecule has 0 radical (unpaired) electrons. The van der Waals surface area contributed by atoms with E-state index in [1.165, 1.54) is 6.07 Å². The maximum absolute atomic E-state index is 13.1. The number of nitrogens with zero attached hydrogens (tertiary/aromatic N) is 2. The van der Waals surface area contributed by atoms with E-state index in [0.29, 0.717) is 0 Å². The highest BCUT2D eigenvalue weighted by Gasteiger charge is 2.40. The van der Waals surface area contributed by atoms with Gasteiger partial charge in [0, 0.05) is 5.56 Å². The minimum atomic E-state index is -5.19. The van der Waals surface area contributed by atoms with Crippen molar-refractivity contribution in [2.75, 3.05) is 0 Å². The Morgan fingerprint density at radius 2 is 1.94 bits per heavy atom. The van der Waals surface area contributed by atoms with Crippen LogP contribution in [-0.4, -0.2) is 4.98 Å². The molecule has 1 aromatic rings. The van der Waals surface area contributed by atoms with Gasteiger partial charge in [0.2, 0.25) is 0 Å². The third-order valence-electron chi connectivity index (χ3n) is 1.91. The molecule has 2 nitrogen and oxygen atoms in total. The zero-order valence-corrected chi connectivity index (χ0v) is 8.02. The highest BCUT2D eigenvalue weighted by atomic mass is 19.4. The summed E-state index contributed by atoms with van der Waals surface area (Å²) in [6.07, 6.45) is -9.39. The van der Waals surface area contributed by atoms with Gasteiger partial charge in [-0.15, -0.1) is 0 Å². The van der Waals surface area contributed by atoms with E-state index in [1.807, 2.05) is 0 Å². The number of rotatable bonds is 2. The number of halogens is 6. The van der Waals surface area contributed by atoms with Crippen LogP contribution in [-0.2, 0) is 12.6 Å². The van der Waals surface area contributed by atoms with E-state index < -0.39 is 41.7 Å². The van der Waals surface area contributed by atoms with Crippen LogP contribution in [0, 0.1) is 17.1 Å². The average molecular weight is 254 g/mol. The lowest BCUT2D eigenvalue weighted by atomic mass is 10.0. The summed E-state index contributed by atoms with van der Waals surface area (Å²) in [5.74, 6) is -1.43. The molecule has 1 rings (SSSR count). The molecule has 0 aliphatic rings. The molecule has 0 aliphatic heterocycles. The minimum Gasteiger partial charge on any atom is -0.252 e. The van der Waals surface area contributed by atoms with Crippen molar-refractivity contribution in [2.24, 2.45) is 0 Å². The van der Waals surface area contributed by atoms with Crippen LogP contribution in [0.15, 0.2) is 6.20 Å². The molecule has 17 heavy (non-hydrogen) atoms. The Balaban J connectivity index is 3.57. The lowest BCUT2D eigenvalue weighted by molar-refractivity contribution is -0.140. The Hall–Kier alpha value is -1.78. The van der Waals surface area contributed by atoms with Gasteiger partial charge in [-0.1, -0.05) is 0 Å². The quantitative estimate of drug-likeness (QED) is 0.759. The van der Waals surface area contributed by atoms with Gasteiger partial charge in [0.1, 0.15) is 11.5 Å². The van der Waals surface area contributed by atoms with E-state index >= 15 is 0 Å². The SMILES string of the molecule is N#CCc1c(F)cnc(C(F)F)c1C(F)(F)F. The number of alkyl halides is 5. The van der Waals surface area contributed by atoms with Crippen molar-refractivity contribution in [3.63, 3.8) is 0 Å². The monoisotopic (exact) mass is 254 g/mol. The second-order valence-corrected chi connectivity index (χ2v) is 2.98. The Morgan fingerprint density at radius 3 is 2.35 bits per heavy atom. The highest BCUT2D eigenvalue weighted by Crippen LogP contribution is 2.38. The smallest absolute Gasteiger partial charge is 0.252 e. The summed E-state index contributed by atoms with van der Waals surface area (Å²) in [5, 5.41) is 8.27. The molecule has 0 unspecified atom stereocenters. The van der Waals surface area contributed by atoms with E-state index in [1.54, 1.807) is 0 Å². The summed E-state index contributed by atoms with van der Waals surface area (Å²) in [5.41, 5.74) is -4.54. The average Bonchev–Trinajstić information content (AvgIpc) is 2.18. The molecule has 0 bridgehead atoms. The van der Waals surface area contributed by atoms with Crippen molar-refractivity contribution in [1.29, 1.82) is 5.26 Å². The molecule has 1 heterocycles. The fourth-order valence-corrected chi connectivity index (χ4v) is 1.28. The number of aromatic nitrogens is 1. The zero-order chi connectivity index (χ0) is 13.2. The molecule has 0 amide bonds. The third kappa shape index (κ3) is 2.67. The van der Waals surface area contributed by atoms with Crippen molar-refractivity contribution >= 4 is 0 Å². The summed E-state index contributed by atoms with van der Waals surface area (Å²) >= 11 is 0. The molecule has 0 N–H and O–H groups in total. The molecule has 0 fully saturated rings. The van der Waals surface area contributed by atoms with Gasteiger partial charge in [0.25, 0.3) is 6.43 Å². The molecule has 0 spiro atoms. The maximum atomic E-state index is 13.1. The predicted octanol–water partition coefficient (Wildman–Crippen LogP) is 3.24. The molecule has 0 aliphatic carbocycles. The summed E-state index contributed by atoms with van der Waals surface area (Å²) < 4.78 is 75.3. The van der Waals surface area contributed by atoms with Gasteiger partial charge >= 0.3 is 6.18 Å². The highest BCUT2D eigenvalue weighted by molar-refractivity contribution is 5.36. The van der Waals surface area contributed by atoms with Gasteiger partial charge in [0.05, 0.1) is 24.3 Å². The number of hydrogen-bond acceptors (Lipinski definition) is 2. The fraction of sp³-hybridized carbons (Fsp3) is 0.333. The Labute approximate surface area is 91.5 Å². The number of hydrogen-bond donors (Lipinski definition) is 0. The van der Waals surface area contributed by atoms with Crippen molar-refractivity contribution in [3.05, 3.63) is 28.8 Å². The molecule has 0 saturated heterocycles. The molecular weight excluding hydrogens is 250 g/mol. The molecule has 1 aromatic heterocycles. The molecule has 0 saturated carbocycles. The second kappa shape index (κ2) is 4.61. The number of nitriles is 1. The van der Waals surface area contributed by atoms with Crippen molar-refractivity contribution < 1.29 is 26.3 Å². The van der Waals surface area contributed by atoms with Crippen LogP contribution in [0.1, 0.15) is 23.2 Å². The van der Waals surface area contributed by atoms with E-state index in [2.05, 4.69) is 4.98 Å². The lowest BCUT2D eigenvalue weighted by Crippen LogP contribution is -2.16. The van der Waals surface area contributed by atoms with Crippen LogP contribution in [0.25, 0.3) is 0 Å². The molecule has 0 aromatic carbocycles. The second-order valence-electron chi connectivity index (χ2n) is 2.98. The first kappa shape index (κ1) is 13.3. The molecular formula is C9H4F6N2. The van der Waals surface area contributed by atoms with Gasteiger partial charge in [-0.2, -0.15) is 18.4 Å². The number of pyridine rings is 1. The fourth-order valence-electron chi connectivity index (χ4n) is 1.28. The first-order chi connectivity index (χ1) is 7.79. The van der Waals surface area contributed by atoms with Crippen LogP contribution >= 0.6 is 0 Å². The summed E-state index contributed by atoms with van der Waals surface area (Å²) in [6.45, 7) is 0. The lowest BCUT2D eigenvalue weighted by Gasteiger charge is -2.15. The minimum absolute atomic E-state index is 0.253. The van der Waals surface area contributed by atoms with Crippen LogP contribution in [0.2, 0.25) is 0 Å². The van der Waals surface area contributed by atoms with Crippen molar-refractivity contribution in [2.45, 2.75) is 19.0 Å². The zero-order valence-electron chi connectivity index (χ0n) is 8.02. The summed E-state index contributed by atoms with van der Waals surface area (Å²) in [4.78, 5) is 2.73. The van der Waals surface area contributed by atoms with E-state index in [-0.39, 0.29) is 6.20 Å². The van der Waals surface area contributed by atoms with Gasteiger partial charge in [0.15, 0.2) is 0 Å². The van der Waals surface area contributed by atoms with Gasteiger partial charge in [-0.25, -0.2) is 13.2 Å². The van der Waals surface area contributed by atoms with Gasteiger partial charge < -0.3 is 0 Å². The van der Waals surface area contributed by atoms with Crippen LogP contribution in [0.4, 0.5) is 26.3 Å². The maximum Gasteiger partial charge on any atom is 0.418 e. The topological polar surface area (TPSA) is 36.7 Å². The Kier molecular flexibility index (Phi) is 3.60. The largest absolute Gasteiger partial charge is 0.418 e. The summed E-state index contributed by atoms with van der Waals surface area (Å²) in [6, 6.07) is 1.29. The van der Waals surface area contributed by atoms with E-state index in [0.717, 1.165) is 0 Å². The van der Waals surface area contributed by atoms with Gasteiger partial charge in [-0.05, 0) is 0 Å². The van der Waals surface area contributed by atoms with E-state index in [4.69, 9.17) is 5.26 Å². The summed E-state index contributed by atoms with van der Waals surface area (Å²) in [7, 11) is 0.